The van der Waals surface area contributed by atoms with Gasteiger partial charge in [-0.3, -0.25) is 9.78 Å². The maximum Gasteiger partial charge on any atom is 0.253 e. The number of benzene rings is 1. The van der Waals surface area contributed by atoms with Gasteiger partial charge in [-0.25, -0.2) is 13.1 Å². The van der Waals surface area contributed by atoms with Crippen molar-refractivity contribution >= 4 is 15.9 Å². The number of likely N-dealkylation sites (tertiary alicyclic amines) is 1. The van der Waals surface area contributed by atoms with Crippen LogP contribution in [0.3, 0.4) is 0 Å². The molecule has 1 fully saturated rings. The van der Waals surface area contributed by atoms with Crippen molar-refractivity contribution in [1.29, 1.82) is 0 Å². The van der Waals surface area contributed by atoms with Crippen LogP contribution in [0.25, 0.3) is 0 Å². The van der Waals surface area contributed by atoms with Crippen molar-refractivity contribution in [3.05, 3.63) is 59.9 Å². The van der Waals surface area contributed by atoms with Gasteiger partial charge in [-0.15, -0.1) is 0 Å². The van der Waals surface area contributed by atoms with Crippen LogP contribution in [-0.2, 0) is 16.6 Å². The second-order valence-electron chi connectivity index (χ2n) is 6.68. The number of sulfonamides is 1. The minimum Gasteiger partial charge on any atom is -0.339 e. The summed E-state index contributed by atoms with van der Waals surface area (Å²) in [5.41, 5.74) is 1.30. The van der Waals surface area contributed by atoms with E-state index in [1.807, 2.05) is 4.90 Å². The van der Waals surface area contributed by atoms with E-state index in [4.69, 9.17) is 0 Å². The van der Waals surface area contributed by atoms with Crippen molar-refractivity contribution in [2.24, 2.45) is 5.92 Å². The molecule has 138 valence electrons. The lowest BCUT2D eigenvalue weighted by Crippen LogP contribution is -2.37. The number of nitrogens with zero attached hydrogens (tertiary/aromatic N) is 2. The first-order chi connectivity index (χ1) is 12.5. The fraction of sp³-hybridized carbons (Fsp3) is 0.368. The maximum atomic E-state index is 12.5. The van der Waals surface area contributed by atoms with Gasteiger partial charge >= 0.3 is 0 Å². The highest BCUT2D eigenvalue weighted by Crippen LogP contribution is 2.19. The Morgan fingerprint density at radius 3 is 2.50 bits per heavy atom. The van der Waals surface area contributed by atoms with Crippen LogP contribution in [0.2, 0.25) is 0 Å². The second kappa shape index (κ2) is 7.97. The van der Waals surface area contributed by atoms with Crippen LogP contribution in [0, 0.1) is 5.92 Å². The highest BCUT2D eigenvalue weighted by atomic mass is 32.2. The monoisotopic (exact) mass is 373 g/mol. The summed E-state index contributed by atoms with van der Waals surface area (Å²) in [5, 5.41) is 0. The Bertz CT molecular complexity index is 843. The van der Waals surface area contributed by atoms with Gasteiger partial charge in [-0.1, -0.05) is 13.0 Å². The van der Waals surface area contributed by atoms with Gasteiger partial charge in [-0.2, -0.15) is 0 Å². The van der Waals surface area contributed by atoms with E-state index in [1.165, 1.54) is 12.1 Å². The zero-order valence-electron chi connectivity index (χ0n) is 14.8. The fourth-order valence-corrected chi connectivity index (χ4v) is 3.95. The molecule has 1 aliphatic rings. The summed E-state index contributed by atoms with van der Waals surface area (Å²) in [6.07, 6.45) is 5.27. The van der Waals surface area contributed by atoms with Crippen LogP contribution in [0.4, 0.5) is 0 Å². The van der Waals surface area contributed by atoms with E-state index in [0.29, 0.717) is 11.5 Å². The summed E-state index contributed by atoms with van der Waals surface area (Å²) < 4.78 is 27.3. The molecule has 1 aromatic heterocycles. The van der Waals surface area contributed by atoms with Gasteiger partial charge in [0.1, 0.15) is 0 Å². The van der Waals surface area contributed by atoms with Gasteiger partial charge < -0.3 is 4.90 Å². The van der Waals surface area contributed by atoms with Gasteiger partial charge in [0, 0.05) is 37.6 Å². The molecule has 3 rings (SSSR count). The van der Waals surface area contributed by atoms with E-state index < -0.39 is 10.0 Å². The number of carbonyl (C=O) groups is 1. The minimum atomic E-state index is -3.64. The SMILES string of the molecule is CC1CCN(C(=O)c2ccc(S(=O)(=O)NCc3cccnc3)cc2)CC1. The number of rotatable bonds is 5. The van der Waals surface area contributed by atoms with Crippen molar-refractivity contribution in [2.75, 3.05) is 13.1 Å². The lowest BCUT2D eigenvalue weighted by molar-refractivity contribution is 0.0697. The molecule has 7 heteroatoms. The molecule has 0 spiro atoms. The fourth-order valence-electron chi connectivity index (χ4n) is 2.94. The molecule has 1 amide bonds. The van der Waals surface area contributed by atoms with Crippen molar-refractivity contribution in [2.45, 2.75) is 31.2 Å². The van der Waals surface area contributed by atoms with E-state index in [0.717, 1.165) is 31.5 Å². The summed E-state index contributed by atoms with van der Waals surface area (Å²) in [6.45, 7) is 3.88. The number of nitrogens with one attached hydrogen (secondary N) is 1. The summed E-state index contributed by atoms with van der Waals surface area (Å²) in [7, 11) is -3.64. The summed E-state index contributed by atoms with van der Waals surface area (Å²) in [5.74, 6) is 0.613. The number of hydrogen-bond donors (Lipinski definition) is 1. The van der Waals surface area contributed by atoms with Crippen LogP contribution in [-0.4, -0.2) is 37.3 Å². The molecule has 0 aliphatic carbocycles. The van der Waals surface area contributed by atoms with Gasteiger partial charge in [0.2, 0.25) is 10.0 Å². The van der Waals surface area contributed by atoms with E-state index in [1.54, 1.807) is 36.7 Å². The number of aromatic nitrogens is 1. The van der Waals surface area contributed by atoms with Crippen molar-refractivity contribution < 1.29 is 13.2 Å². The summed E-state index contributed by atoms with van der Waals surface area (Å²) >= 11 is 0. The first kappa shape index (κ1) is 18.5. The predicted molar refractivity (Wildman–Crippen MR) is 99.0 cm³/mol. The molecule has 0 saturated carbocycles. The number of hydrogen-bond acceptors (Lipinski definition) is 4. The average Bonchev–Trinajstić information content (AvgIpc) is 2.67. The van der Waals surface area contributed by atoms with Gasteiger partial charge in [0.25, 0.3) is 5.91 Å². The topological polar surface area (TPSA) is 79.4 Å². The third-order valence-corrected chi connectivity index (χ3v) is 6.09. The molecule has 2 heterocycles. The van der Waals surface area contributed by atoms with Gasteiger partial charge in [0.15, 0.2) is 0 Å². The molecule has 0 bridgehead atoms. The zero-order valence-corrected chi connectivity index (χ0v) is 15.6. The molecule has 0 radical (unpaired) electrons. The van der Waals surface area contributed by atoms with Crippen molar-refractivity contribution in [1.82, 2.24) is 14.6 Å². The molecule has 1 N–H and O–H groups in total. The van der Waals surface area contributed by atoms with Crippen LogP contribution in [0.5, 0.6) is 0 Å². The quantitative estimate of drug-likeness (QED) is 0.873. The van der Waals surface area contributed by atoms with Gasteiger partial charge in [0.05, 0.1) is 4.90 Å². The lowest BCUT2D eigenvalue weighted by atomic mass is 9.98. The molecule has 1 aliphatic heterocycles. The Morgan fingerprint density at radius 2 is 1.88 bits per heavy atom. The van der Waals surface area contributed by atoms with E-state index >= 15 is 0 Å². The summed E-state index contributed by atoms with van der Waals surface area (Å²) in [4.78, 5) is 18.5. The van der Waals surface area contributed by atoms with E-state index in [9.17, 15) is 13.2 Å². The van der Waals surface area contributed by atoms with Crippen LogP contribution in [0.1, 0.15) is 35.7 Å². The van der Waals surface area contributed by atoms with Crippen molar-refractivity contribution in [3.63, 3.8) is 0 Å². The lowest BCUT2D eigenvalue weighted by Gasteiger charge is -2.30. The predicted octanol–water partition coefficient (Wildman–Crippen LogP) is 2.43. The van der Waals surface area contributed by atoms with E-state index in [-0.39, 0.29) is 17.3 Å². The molecular weight excluding hydrogens is 350 g/mol. The normalized spacial score (nSPS) is 15.8. The molecule has 0 unspecified atom stereocenters. The van der Waals surface area contributed by atoms with E-state index in [2.05, 4.69) is 16.6 Å². The number of amides is 1. The maximum absolute atomic E-state index is 12.5. The van der Waals surface area contributed by atoms with Crippen LogP contribution in [0.15, 0.2) is 53.7 Å². The zero-order chi connectivity index (χ0) is 18.6. The Morgan fingerprint density at radius 1 is 1.19 bits per heavy atom. The summed E-state index contributed by atoms with van der Waals surface area (Å²) in [6, 6.07) is 9.68. The second-order valence-corrected chi connectivity index (χ2v) is 8.45. The Hall–Kier alpha value is -2.25. The minimum absolute atomic E-state index is 0.0378. The highest BCUT2D eigenvalue weighted by molar-refractivity contribution is 7.89. The number of piperidine rings is 1. The number of pyridine rings is 1. The molecule has 2 aromatic rings. The first-order valence-electron chi connectivity index (χ1n) is 8.73. The van der Waals surface area contributed by atoms with Gasteiger partial charge in [-0.05, 0) is 54.7 Å². The first-order valence-corrected chi connectivity index (χ1v) is 10.2. The molecule has 1 aromatic carbocycles. The largest absolute Gasteiger partial charge is 0.339 e. The molecule has 26 heavy (non-hydrogen) atoms. The number of carbonyl (C=O) groups excluding carboxylic acids is 1. The smallest absolute Gasteiger partial charge is 0.253 e. The molecule has 1 saturated heterocycles. The third-order valence-electron chi connectivity index (χ3n) is 4.67. The molecular formula is C19H23N3O3S. The Labute approximate surface area is 154 Å². The van der Waals surface area contributed by atoms with Crippen LogP contribution >= 0.6 is 0 Å². The standard InChI is InChI=1S/C19H23N3O3S/c1-15-8-11-22(12-9-15)19(23)17-4-6-18(7-5-17)26(24,25)21-14-16-3-2-10-20-13-16/h2-7,10,13,15,21H,8-9,11-12,14H2,1H3. The Kier molecular flexibility index (Phi) is 5.68. The third kappa shape index (κ3) is 4.47. The van der Waals surface area contributed by atoms with Crippen molar-refractivity contribution in [3.8, 4) is 0 Å². The highest BCUT2D eigenvalue weighted by Gasteiger charge is 2.22. The molecule has 6 nitrogen and oxygen atoms in total. The average molecular weight is 373 g/mol. The molecule has 0 atom stereocenters. The Balaban J connectivity index is 1.65. The van der Waals surface area contributed by atoms with Crippen LogP contribution < -0.4 is 4.72 Å².